The topological polar surface area (TPSA) is 53.6 Å². The van der Waals surface area contributed by atoms with Crippen molar-refractivity contribution >= 4 is 6.03 Å². The van der Waals surface area contributed by atoms with Crippen molar-refractivity contribution in [1.82, 2.24) is 15.5 Å². The van der Waals surface area contributed by atoms with Gasteiger partial charge in [0, 0.05) is 37.7 Å². The second-order valence-corrected chi connectivity index (χ2v) is 8.07. The molecule has 0 aromatic heterocycles. The first-order valence-corrected chi connectivity index (χ1v) is 10.3. The van der Waals surface area contributed by atoms with Crippen molar-refractivity contribution < 1.29 is 9.53 Å². The number of hydrogen-bond acceptors (Lipinski definition) is 3. The molecule has 26 heavy (non-hydrogen) atoms. The van der Waals surface area contributed by atoms with Crippen LogP contribution in [-0.2, 0) is 0 Å². The summed E-state index contributed by atoms with van der Waals surface area (Å²) >= 11 is 0. The molecule has 1 aromatic carbocycles. The molecule has 1 unspecified atom stereocenters. The average Bonchev–Trinajstić information content (AvgIpc) is 3.17. The number of likely N-dealkylation sites (tertiary alicyclic amines) is 1. The number of carbonyl (C=O) groups excluding carboxylic acids is 1. The Balaban J connectivity index is 1.22. The van der Waals surface area contributed by atoms with E-state index in [0.29, 0.717) is 12.6 Å². The number of urea groups is 1. The number of ether oxygens (including phenoxy) is 1. The van der Waals surface area contributed by atoms with Gasteiger partial charge in [-0.2, -0.15) is 0 Å². The third kappa shape index (κ3) is 4.32. The van der Waals surface area contributed by atoms with Gasteiger partial charge in [0.25, 0.3) is 0 Å². The molecule has 1 aromatic rings. The van der Waals surface area contributed by atoms with Gasteiger partial charge >= 0.3 is 6.03 Å². The van der Waals surface area contributed by atoms with E-state index in [4.69, 9.17) is 4.74 Å². The minimum atomic E-state index is -0.0408. The Hall–Kier alpha value is -1.75. The van der Waals surface area contributed by atoms with E-state index in [-0.39, 0.29) is 12.1 Å². The molecule has 2 heterocycles. The Bertz CT molecular complexity index is 607. The van der Waals surface area contributed by atoms with E-state index in [1.54, 1.807) is 0 Å². The van der Waals surface area contributed by atoms with Crippen LogP contribution < -0.4 is 15.4 Å². The Morgan fingerprint density at radius 3 is 2.62 bits per heavy atom. The fraction of sp³-hybridized carbons (Fsp3) is 0.667. The van der Waals surface area contributed by atoms with Crippen molar-refractivity contribution in [1.29, 1.82) is 0 Å². The lowest BCUT2D eigenvalue weighted by Crippen LogP contribution is -2.49. The quantitative estimate of drug-likeness (QED) is 0.868. The van der Waals surface area contributed by atoms with Crippen LogP contribution in [0.15, 0.2) is 24.3 Å². The van der Waals surface area contributed by atoms with Gasteiger partial charge < -0.3 is 20.3 Å². The molecule has 1 saturated heterocycles. The van der Waals surface area contributed by atoms with Crippen molar-refractivity contribution in [3.8, 4) is 5.75 Å². The summed E-state index contributed by atoms with van der Waals surface area (Å²) in [5.74, 6) is 1.81. The lowest BCUT2D eigenvalue weighted by atomic mass is 10.0. The summed E-state index contributed by atoms with van der Waals surface area (Å²) in [4.78, 5) is 15.1. The normalized spacial score (nSPS) is 24.7. The van der Waals surface area contributed by atoms with Crippen molar-refractivity contribution in [2.45, 2.75) is 57.0 Å². The lowest BCUT2D eigenvalue weighted by molar-refractivity contribution is 0.170. The Kier molecular flexibility index (Phi) is 5.63. The van der Waals surface area contributed by atoms with Crippen molar-refractivity contribution in [3.63, 3.8) is 0 Å². The van der Waals surface area contributed by atoms with Gasteiger partial charge in [-0.15, -0.1) is 0 Å². The minimum absolute atomic E-state index is 0.0408. The number of fused-ring (bicyclic) bond motifs is 1. The van der Waals surface area contributed by atoms with Gasteiger partial charge in [0.1, 0.15) is 5.75 Å². The number of rotatable bonds is 4. The van der Waals surface area contributed by atoms with E-state index >= 15 is 0 Å². The Morgan fingerprint density at radius 2 is 1.81 bits per heavy atom. The van der Waals surface area contributed by atoms with Gasteiger partial charge in [0.2, 0.25) is 0 Å². The number of benzene rings is 1. The highest BCUT2D eigenvalue weighted by Gasteiger charge is 2.26. The molecule has 5 nitrogen and oxygen atoms in total. The van der Waals surface area contributed by atoms with Crippen LogP contribution in [-0.4, -0.2) is 43.2 Å². The van der Waals surface area contributed by atoms with Crippen LogP contribution in [0.5, 0.6) is 5.75 Å². The van der Waals surface area contributed by atoms with Crippen LogP contribution in [0.2, 0.25) is 0 Å². The van der Waals surface area contributed by atoms with E-state index in [2.05, 4.69) is 15.5 Å². The van der Waals surface area contributed by atoms with E-state index in [1.165, 1.54) is 32.2 Å². The van der Waals surface area contributed by atoms with Gasteiger partial charge in [-0.1, -0.05) is 31.0 Å². The minimum Gasteiger partial charge on any atom is -0.493 e. The molecule has 3 aliphatic rings. The van der Waals surface area contributed by atoms with Gasteiger partial charge in [-0.25, -0.2) is 4.79 Å². The number of para-hydroxylation sites is 1. The van der Waals surface area contributed by atoms with E-state index in [9.17, 15) is 4.79 Å². The second-order valence-electron chi connectivity index (χ2n) is 8.07. The summed E-state index contributed by atoms with van der Waals surface area (Å²) < 4.78 is 5.67. The molecule has 0 spiro atoms. The molecule has 4 rings (SSSR count). The number of piperidine rings is 1. The number of amides is 2. The maximum Gasteiger partial charge on any atom is 0.315 e. The van der Waals surface area contributed by atoms with Crippen LogP contribution in [0, 0.1) is 5.92 Å². The van der Waals surface area contributed by atoms with Crippen molar-refractivity contribution in [2.24, 2.45) is 5.92 Å². The highest BCUT2D eigenvalue weighted by Crippen LogP contribution is 2.31. The maximum absolute atomic E-state index is 12.5. The van der Waals surface area contributed by atoms with Crippen molar-refractivity contribution in [2.75, 3.05) is 26.2 Å². The molecular weight excluding hydrogens is 326 g/mol. The first-order valence-electron chi connectivity index (χ1n) is 10.3. The molecule has 2 fully saturated rings. The molecule has 2 amide bonds. The van der Waals surface area contributed by atoms with Crippen LogP contribution in [0.1, 0.15) is 56.6 Å². The van der Waals surface area contributed by atoms with Crippen LogP contribution in [0.4, 0.5) is 4.79 Å². The summed E-state index contributed by atoms with van der Waals surface area (Å²) in [6, 6.07) is 8.29. The fourth-order valence-corrected chi connectivity index (χ4v) is 4.70. The third-order valence-electron chi connectivity index (χ3n) is 6.18. The predicted molar refractivity (Wildman–Crippen MR) is 102 cm³/mol. The number of nitrogens with zero attached hydrogens (tertiary/aromatic N) is 1. The number of nitrogens with one attached hydrogen (secondary N) is 2. The first-order chi connectivity index (χ1) is 12.8. The molecule has 1 saturated carbocycles. The zero-order chi connectivity index (χ0) is 17.8. The lowest BCUT2D eigenvalue weighted by Gasteiger charge is -2.34. The number of carbonyl (C=O) groups is 1. The Morgan fingerprint density at radius 1 is 1.04 bits per heavy atom. The summed E-state index contributed by atoms with van der Waals surface area (Å²) in [5, 5.41) is 6.34. The van der Waals surface area contributed by atoms with Gasteiger partial charge in [-0.05, 0) is 37.7 Å². The molecule has 5 heteroatoms. The summed E-state index contributed by atoms with van der Waals surface area (Å²) in [5.41, 5.74) is 1.08. The largest absolute Gasteiger partial charge is 0.493 e. The first kappa shape index (κ1) is 17.7. The van der Waals surface area contributed by atoms with E-state index < -0.39 is 0 Å². The zero-order valence-corrected chi connectivity index (χ0v) is 15.6. The smallest absolute Gasteiger partial charge is 0.315 e. The molecule has 2 N–H and O–H groups in total. The predicted octanol–water partition coefficient (Wildman–Crippen LogP) is 3.46. The SMILES string of the molecule is O=C(NC1CCN(CC2CCCC2)CC1)NC1CCOc2ccccc21. The summed E-state index contributed by atoms with van der Waals surface area (Å²) in [6.45, 7) is 4.14. The summed E-state index contributed by atoms with van der Waals surface area (Å²) in [6.07, 6.45) is 8.59. The van der Waals surface area contributed by atoms with Crippen LogP contribution in [0.25, 0.3) is 0 Å². The molecular formula is C21H31N3O2. The van der Waals surface area contributed by atoms with Crippen molar-refractivity contribution in [3.05, 3.63) is 29.8 Å². The van der Waals surface area contributed by atoms with E-state index in [0.717, 1.165) is 49.6 Å². The maximum atomic E-state index is 12.5. The fourth-order valence-electron chi connectivity index (χ4n) is 4.70. The van der Waals surface area contributed by atoms with Gasteiger partial charge in [-0.3, -0.25) is 0 Å². The molecule has 0 radical (unpaired) electrons. The van der Waals surface area contributed by atoms with Gasteiger partial charge in [0.15, 0.2) is 0 Å². The standard InChI is InChI=1S/C21H31N3O2/c25-21(23-19-11-14-26-20-8-4-3-7-18(19)20)22-17-9-12-24(13-10-17)15-16-5-1-2-6-16/h3-4,7-8,16-17,19H,1-2,5-6,9-15H2,(H2,22,23,25). The molecule has 2 aliphatic heterocycles. The highest BCUT2D eigenvalue weighted by molar-refractivity contribution is 5.75. The van der Waals surface area contributed by atoms with Crippen LogP contribution >= 0.6 is 0 Å². The molecule has 142 valence electrons. The second kappa shape index (κ2) is 8.30. The molecule has 0 bridgehead atoms. The van der Waals surface area contributed by atoms with E-state index in [1.807, 2.05) is 24.3 Å². The number of hydrogen-bond donors (Lipinski definition) is 2. The zero-order valence-electron chi connectivity index (χ0n) is 15.6. The third-order valence-corrected chi connectivity index (χ3v) is 6.18. The average molecular weight is 357 g/mol. The monoisotopic (exact) mass is 357 g/mol. The van der Waals surface area contributed by atoms with Gasteiger partial charge in [0.05, 0.1) is 12.6 Å². The summed E-state index contributed by atoms with van der Waals surface area (Å²) in [7, 11) is 0. The molecule has 1 aliphatic carbocycles. The highest BCUT2D eigenvalue weighted by atomic mass is 16.5. The Labute approximate surface area is 156 Å². The van der Waals surface area contributed by atoms with Crippen LogP contribution in [0.3, 0.4) is 0 Å². The molecule has 1 atom stereocenters.